The van der Waals surface area contributed by atoms with Crippen LogP contribution in [0.2, 0.25) is 0 Å². The van der Waals surface area contributed by atoms with Gasteiger partial charge in [0.05, 0.1) is 5.69 Å². The van der Waals surface area contributed by atoms with E-state index in [-0.39, 0.29) is 0 Å². The molecule has 0 radical (unpaired) electrons. The summed E-state index contributed by atoms with van der Waals surface area (Å²) in [6.45, 7) is 0. The van der Waals surface area contributed by atoms with Crippen LogP contribution in [-0.4, -0.2) is 0 Å². The lowest BCUT2D eigenvalue weighted by Crippen LogP contribution is -2.11. The first-order chi connectivity index (χ1) is 28.2. The Morgan fingerprint density at radius 3 is 1.51 bits per heavy atom. The van der Waals surface area contributed by atoms with E-state index in [2.05, 4.69) is 229 Å². The summed E-state index contributed by atoms with van der Waals surface area (Å²) in [5.41, 5.74) is 10.5. The molecule has 0 heterocycles. The van der Waals surface area contributed by atoms with E-state index >= 15 is 0 Å². The van der Waals surface area contributed by atoms with E-state index in [1.165, 1.54) is 87.2 Å². The molecule has 266 valence electrons. The molecule has 0 amide bonds. The van der Waals surface area contributed by atoms with Gasteiger partial charge in [-0.15, -0.1) is 0 Å². The molecule has 0 aliphatic heterocycles. The molecule has 11 rings (SSSR count). The summed E-state index contributed by atoms with van der Waals surface area (Å²) in [4.78, 5) is 2.41. The first-order valence-corrected chi connectivity index (χ1v) is 19.7. The molecular weight excluding hydrogens is 687 g/mol. The lowest BCUT2D eigenvalue weighted by Gasteiger charge is -2.29. The number of para-hydroxylation sites is 1. The molecule has 0 N–H and O–H groups in total. The van der Waals surface area contributed by atoms with Gasteiger partial charge in [0.25, 0.3) is 0 Å². The monoisotopic (exact) mass is 723 g/mol. The molecule has 0 aliphatic carbocycles. The van der Waals surface area contributed by atoms with Crippen LogP contribution in [0.5, 0.6) is 0 Å². The fourth-order valence-corrected chi connectivity index (χ4v) is 8.78. The van der Waals surface area contributed by atoms with E-state index in [1.54, 1.807) is 0 Å². The summed E-state index contributed by atoms with van der Waals surface area (Å²) in [6, 6.07) is 82.1. The number of fused-ring (bicyclic) bond motifs is 8. The SMILES string of the molecule is c1ccc(-c2cc(-c3cccc(-c4ccc5ccc6ccc7ccccc7c6c5c4)c3)ccc2N(c2ccccc2)c2ccc3ccc4ccccc4c3c2)cc1. The first kappa shape index (κ1) is 32.9. The minimum Gasteiger partial charge on any atom is -0.310 e. The standard InChI is InChI=1S/C56H37N/c1-3-12-38(13-4-1)53-35-47(31-33-55(53)57(48-18-5-2-6-19-48)49-32-30-41-23-22-39-14-7-9-20-50(39)52(41)37-49)45-17-11-16-44(34-45)46-29-26-42-25-28-43-27-24-40-15-8-10-21-51(40)56(43)54(42)36-46/h1-37H. The quantitative estimate of drug-likeness (QED) is 0.154. The first-order valence-electron chi connectivity index (χ1n) is 19.7. The van der Waals surface area contributed by atoms with Crippen LogP contribution in [0.4, 0.5) is 17.1 Å². The van der Waals surface area contributed by atoms with E-state index in [4.69, 9.17) is 0 Å². The van der Waals surface area contributed by atoms with Crippen molar-refractivity contribution >= 4 is 70.9 Å². The van der Waals surface area contributed by atoms with Crippen molar-refractivity contribution in [2.24, 2.45) is 0 Å². The number of rotatable bonds is 6. The van der Waals surface area contributed by atoms with Gasteiger partial charge in [-0.3, -0.25) is 0 Å². The Balaban J connectivity index is 1.07. The van der Waals surface area contributed by atoms with Gasteiger partial charge in [-0.2, -0.15) is 0 Å². The van der Waals surface area contributed by atoms with Gasteiger partial charge in [0, 0.05) is 16.9 Å². The Morgan fingerprint density at radius 2 is 0.754 bits per heavy atom. The minimum atomic E-state index is 1.11. The molecule has 0 unspecified atom stereocenters. The molecule has 0 aromatic heterocycles. The molecule has 1 nitrogen and oxygen atoms in total. The number of hydrogen-bond acceptors (Lipinski definition) is 1. The van der Waals surface area contributed by atoms with Crippen LogP contribution in [0.3, 0.4) is 0 Å². The second-order valence-corrected chi connectivity index (χ2v) is 14.9. The fourth-order valence-electron chi connectivity index (χ4n) is 8.78. The van der Waals surface area contributed by atoms with Crippen molar-refractivity contribution in [3.8, 4) is 33.4 Å². The molecule has 1 heteroatoms. The molecular formula is C56H37N. The lowest BCUT2D eigenvalue weighted by atomic mass is 9.92. The lowest BCUT2D eigenvalue weighted by molar-refractivity contribution is 1.29. The van der Waals surface area contributed by atoms with Crippen LogP contribution < -0.4 is 4.90 Å². The second-order valence-electron chi connectivity index (χ2n) is 14.9. The van der Waals surface area contributed by atoms with Crippen LogP contribution >= 0.6 is 0 Å². The van der Waals surface area contributed by atoms with Crippen molar-refractivity contribution in [1.82, 2.24) is 0 Å². The predicted molar refractivity (Wildman–Crippen MR) is 245 cm³/mol. The van der Waals surface area contributed by atoms with Gasteiger partial charge in [0.15, 0.2) is 0 Å². The maximum absolute atomic E-state index is 2.41. The summed E-state index contributed by atoms with van der Waals surface area (Å²) < 4.78 is 0. The maximum Gasteiger partial charge on any atom is 0.0540 e. The highest BCUT2D eigenvalue weighted by molar-refractivity contribution is 6.20. The normalized spacial score (nSPS) is 11.5. The van der Waals surface area contributed by atoms with Crippen LogP contribution in [0.25, 0.3) is 87.2 Å². The zero-order chi connectivity index (χ0) is 37.7. The highest BCUT2D eigenvalue weighted by atomic mass is 15.1. The third-order valence-electron chi connectivity index (χ3n) is 11.6. The van der Waals surface area contributed by atoms with E-state index in [0.29, 0.717) is 0 Å². The van der Waals surface area contributed by atoms with Crippen LogP contribution in [0.1, 0.15) is 0 Å². The van der Waals surface area contributed by atoms with Gasteiger partial charge >= 0.3 is 0 Å². The topological polar surface area (TPSA) is 3.24 Å². The van der Waals surface area contributed by atoms with Crippen LogP contribution in [-0.2, 0) is 0 Å². The maximum atomic E-state index is 2.41. The zero-order valence-electron chi connectivity index (χ0n) is 31.3. The van der Waals surface area contributed by atoms with E-state index in [0.717, 1.165) is 17.1 Å². The number of nitrogens with zero attached hydrogens (tertiary/aromatic N) is 1. The van der Waals surface area contributed by atoms with Gasteiger partial charge < -0.3 is 4.90 Å². The fraction of sp³-hybridized carbons (Fsp3) is 0. The summed E-state index contributed by atoms with van der Waals surface area (Å²) in [6.07, 6.45) is 0. The smallest absolute Gasteiger partial charge is 0.0540 e. The van der Waals surface area contributed by atoms with Crippen molar-refractivity contribution in [1.29, 1.82) is 0 Å². The molecule has 0 saturated carbocycles. The summed E-state index contributed by atoms with van der Waals surface area (Å²) >= 11 is 0. The van der Waals surface area contributed by atoms with Crippen molar-refractivity contribution in [3.05, 3.63) is 224 Å². The summed E-state index contributed by atoms with van der Waals surface area (Å²) in [5.74, 6) is 0. The summed E-state index contributed by atoms with van der Waals surface area (Å²) in [7, 11) is 0. The Kier molecular flexibility index (Phi) is 7.89. The molecule has 0 aliphatic rings. The second kappa shape index (κ2) is 13.7. The van der Waals surface area contributed by atoms with E-state index < -0.39 is 0 Å². The Labute approximate surface area is 332 Å². The molecule has 11 aromatic rings. The van der Waals surface area contributed by atoms with E-state index in [9.17, 15) is 0 Å². The highest BCUT2D eigenvalue weighted by Gasteiger charge is 2.19. The summed E-state index contributed by atoms with van der Waals surface area (Å²) in [5, 5.41) is 12.7. The molecule has 11 aromatic carbocycles. The third-order valence-corrected chi connectivity index (χ3v) is 11.6. The predicted octanol–water partition coefficient (Wildman–Crippen LogP) is 15.9. The van der Waals surface area contributed by atoms with Gasteiger partial charge in [0.1, 0.15) is 0 Å². The minimum absolute atomic E-state index is 1.11. The Bertz CT molecular complexity index is 3290. The molecule has 0 bridgehead atoms. The number of benzene rings is 11. The molecule has 0 saturated heterocycles. The average molecular weight is 724 g/mol. The third kappa shape index (κ3) is 5.80. The Morgan fingerprint density at radius 1 is 0.246 bits per heavy atom. The number of hydrogen-bond donors (Lipinski definition) is 0. The van der Waals surface area contributed by atoms with Crippen LogP contribution in [0, 0.1) is 0 Å². The average Bonchev–Trinajstić information content (AvgIpc) is 3.29. The van der Waals surface area contributed by atoms with Crippen LogP contribution in [0.15, 0.2) is 224 Å². The van der Waals surface area contributed by atoms with Gasteiger partial charge in [0.2, 0.25) is 0 Å². The van der Waals surface area contributed by atoms with Crippen molar-refractivity contribution < 1.29 is 0 Å². The van der Waals surface area contributed by atoms with E-state index in [1.807, 2.05) is 0 Å². The van der Waals surface area contributed by atoms with Crippen molar-refractivity contribution in [2.75, 3.05) is 4.90 Å². The number of anilines is 3. The molecule has 57 heavy (non-hydrogen) atoms. The Hall–Kier alpha value is -7.48. The molecule has 0 spiro atoms. The van der Waals surface area contributed by atoms with Gasteiger partial charge in [-0.25, -0.2) is 0 Å². The molecule has 0 atom stereocenters. The highest BCUT2D eigenvalue weighted by Crippen LogP contribution is 2.44. The largest absolute Gasteiger partial charge is 0.310 e. The molecule has 0 fully saturated rings. The van der Waals surface area contributed by atoms with Gasteiger partial charge in [-0.1, -0.05) is 176 Å². The van der Waals surface area contributed by atoms with Crippen molar-refractivity contribution in [3.63, 3.8) is 0 Å². The zero-order valence-corrected chi connectivity index (χ0v) is 31.3. The van der Waals surface area contributed by atoms with Crippen molar-refractivity contribution in [2.45, 2.75) is 0 Å². The van der Waals surface area contributed by atoms with Gasteiger partial charge in [-0.05, 0) is 130 Å².